The van der Waals surface area contributed by atoms with Crippen LogP contribution in [-0.2, 0) is 15.7 Å². The van der Waals surface area contributed by atoms with E-state index in [-0.39, 0.29) is 16.6 Å². The highest BCUT2D eigenvalue weighted by atomic mass is 35.5. The van der Waals surface area contributed by atoms with Gasteiger partial charge in [0.25, 0.3) is 0 Å². The minimum absolute atomic E-state index is 0.0531. The highest BCUT2D eigenvalue weighted by Crippen LogP contribution is 2.39. The number of halogens is 4. The van der Waals surface area contributed by atoms with Crippen LogP contribution < -0.4 is 4.90 Å². The average Bonchev–Trinajstić information content (AvgIpc) is 2.66. The molecule has 29 heavy (non-hydrogen) atoms. The van der Waals surface area contributed by atoms with E-state index in [0.29, 0.717) is 49.9 Å². The fourth-order valence-electron chi connectivity index (χ4n) is 3.97. The van der Waals surface area contributed by atoms with Gasteiger partial charge in [-0.15, -0.1) is 0 Å². The number of ether oxygens (including phenoxy) is 1. The van der Waals surface area contributed by atoms with Crippen LogP contribution in [0.3, 0.4) is 0 Å². The SMILES string of the molecule is CCOC(=O)CC1CCC(CN(CC)c2c(Cl)cc(C(F)(F)F)cc2C=O)CC1. The van der Waals surface area contributed by atoms with Gasteiger partial charge in [-0.2, -0.15) is 13.2 Å². The summed E-state index contributed by atoms with van der Waals surface area (Å²) in [6.45, 7) is 5.18. The summed E-state index contributed by atoms with van der Waals surface area (Å²) in [6, 6.07) is 1.73. The first-order chi connectivity index (χ1) is 13.7. The molecule has 0 aromatic heterocycles. The Bertz CT molecular complexity index is 716. The molecule has 0 bridgehead atoms. The third-order valence-electron chi connectivity index (χ3n) is 5.45. The molecular formula is C21H27ClF3NO3. The predicted octanol–water partition coefficient (Wildman–Crippen LogP) is 5.76. The monoisotopic (exact) mass is 433 g/mol. The highest BCUT2D eigenvalue weighted by Gasteiger charge is 2.33. The molecule has 0 heterocycles. The van der Waals surface area contributed by atoms with E-state index in [9.17, 15) is 22.8 Å². The molecule has 0 unspecified atom stereocenters. The molecule has 0 N–H and O–H groups in total. The molecule has 162 valence electrons. The van der Waals surface area contributed by atoms with E-state index in [2.05, 4.69) is 0 Å². The van der Waals surface area contributed by atoms with E-state index >= 15 is 0 Å². The molecular weight excluding hydrogens is 407 g/mol. The van der Waals surface area contributed by atoms with Crippen molar-refractivity contribution >= 4 is 29.5 Å². The first-order valence-electron chi connectivity index (χ1n) is 9.96. The van der Waals surface area contributed by atoms with Crippen LogP contribution in [0.1, 0.15) is 61.9 Å². The number of carbonyl (C=O) groups excluding carboxylic acids is 2. The van der Waals surface area contributed by atoms with E-state index in [1.165, 1.54) is 0 Å². The summed E-state index contributed by atoms with van der Waals surface area (Å²) in [5.74, 6) is 0.463. The molecule has 0 atom stereocenters. The summed E-state index contributed by atoms with van der Waals surface area (Å²) >= 11 is 6.17. The van der Waals surface area contributed by atoms with Gasteiger partial charge in [0.15, 0.2) is 6.29 Å². The van der Waals surface area contributed by atoms with Crippen LogP contribution in [0.5, 0.6) is 0 Å². The number of hydrogen-bond acceptors (Lipinski definition) is 4. The van der Waals surface area contributed by atoms with E-state index in [0.717, 1.165) is 37.8 Å². The molecule has 8 heteroatoms. The first kappa shape index (κ1) is 23.5. The Balaban J connectivity index is 2.08. The number of esters is 1. The van der Waals surface area contributed by atoms with Gasteiger partial charge in [0.1, 0.15) is 0 Å². The molecule has 0 saturated heterocycles. The fraction of sp³-hybridized carbons (Fsp3) is 0.619. The number of anilines is 1. The third-order valence-corrected chi connectivity index (χ3v) is 5.74. The minimum atomic E-state index is -4.56. The predicted molar refractivity (Wildman–Crippen MR) is 106 cm³/mol. The molecule has 0 spiro atoms. The fourth-order valence-corrected chi connectivity index (χ4v) is 4.32. The van der Waals surface area contributed by atoms with Crippen LogP contribution in [0.2, 0.25) is 5.02 Å². The second-order valence-corrected chi connectivity index (χ2v) is 7.85. The Morgan fingerprint density at radius 2 is 1.83 bits per heavy atom. The van der Waals surface area contributed by atoms with E-state index in [4.69, 9.17) is 16.3 Å². The van der Waals surface area contributed by atoms with Gasteiger partial charge in [0, 0.05) is 25.1 Å². The zero-order chi connectivity index (χ0) is 21.6. The maximum absolute atomic E-state index is 13.0. The number of aldehydes is 1. The maximum atomic E-state index is 13.0. The van der Waals surface area contributed by atoms with Gasteiger partial charge in [0.2, 0.25) is 0 Å². The van der Waals surface area contributed by atoms with E-state index in [1.807, 2.05) is 11.8 Å². The average molecular weight is 434 g/mol. The summed E-state index contributed by atoms with van der Waals surface area (Å²) in [5.41, 5.74) is -0.627. The van der Waals surface area contributed by atoms with Gasteiger partial charge >= 0.3 is 12.1 Å². The molecule has 0 amide bonds. The molecule has 2 rings (SSSR count). The molecule has 1 aliphatic rings. The highest BCUT2D eigenvalue weighted by molar-refractivity contribution is 6.34. The molecule has 1 aromatic rings. The summed E-state index contributed by atoms with van der Waals surface area (Å²) in [5, 5.41) is -0.0697. The van der Waals surface area contributed by atoms with Gasteiger partial charge in [-0.25, -0.2) is 0 Å². The molecule has 0 radical (unpaired) electrons. The molecule has 4 nitrogen and oxygen atoms in total. The number of benzene rings is 1. The molecule has 0 aliphatic heterocycles. The normalized spacial score (nSPS) is 19.7. The second kappa shape index (κ2) is 10.3. The summed E-state index contributed by atoms with van der Waals surface area (Å²) in [4.78, 5) is 25.0. The van der Waals surface area contributed by atoms with Gasteiger partial charge in [-0.1, -0.05) is 11.6 Å². The molecule has 1 aliphatic carbocycles. The van der Waals surface area contributed by atoms with E-state index < -0.39 is 11.7 Å². The Hall–Kier alpha value is -1.76. The molecule has 1 saturated carbocycles. The summed E-state index contributed by atoms with van der Waals surface area (Å²) in [6.07, 6.45) is -0.0726. The summed E-state index contributed by atoms with van der Waals surface area (Å²) in [7, 11) is 0. The van der Waals surface area contributed by atoms with Crippen molar-refractivity contribution in [1.29, 1.82) is 0 Å². The van der Waals surface area contributed by atoms with Crippen LogP contribution in [-0.4, -0.2) is 32.0 Å². The lowest BCUT2D eigenvalue weighted by Gasteiger charge is -2.34. The lowest BCUT2D eigenvalue weighted by atomic mass is 9.80. The van der Waals surface area contributed by atoms with Crippen molar-refractivity contribution in [3.05, 3.63) is 28.3 Å². The number of hydrogen-bond donors (Lipinski definition) is 0. The van der Waals surface area contributed by atoms with Crippen LogP contribution in [0, 0.1) is 11.8 Å². The first-order valence-corrected chi connectivity index (χ1v) is 10.3. The van der Waals surface area contributed by atoms with Gasteiger partial charge in [-0.3, -0.25) is 9.59 Å². The Morgan fingerprint density at radius 3 is 2.34 bits per heavy atom. The number of rotatable bonds is 8. The van der Waals surface area contributed by atoms with Gasteiger partial charge < -0.3 is 9.64 Å². The van der Waals surface area contributed by atoms with Crippen molar-refractivity contribution in [2.24, 2.45) is 11.8 Å². The summed E-state index contributed by atoms with van der Waals surface area (Å²) < 4.78 is 44.1. The van der Waals surface area contributed by atoms with Crippen molar-refractivity contribution in [3.63, 3.8) is 0 Å². The largest absolute Gasteiger partial charge is 0.466 e. The van der Waals surface area contributed by atoms with Crippen LogP contribution in [0.15, 0.2) is 12.1 Å². The second-order valence-electron chi connectivity index (χ2n) is 7.45. The minimum Gasteiger partial charge on any atom is -0.466 e. The maximum Gasteiger partial charge on any atom is 0.416 e. The third kappa shape index (κ3) is 6.36. The van der Waals surface area contributed by atoms with Crippen molar-refractivity contribution in [1.82, 2.24) is 0 Å². The number of carbonyl (C=O) groups is 2. The van der Waals surface area contributed by atoms with E-state index in [1.54, 1.807) is 6.92 Å². The molecule has 1 aromatic carbocycles. The zero-order valence-corrected chi connectivity index (χ0v) is 17.5. The van der Waals surface area contributed by atoms with Crippen LogP contribution in [0.4, 0.5) is 18.9 Å². The van der Waals surface area contributed by atoms with Crippen LogP contribution >= 0.6 is 11.6 Å². The van der Waals surface area contributed by atoms with Crippen molar-refractivity contribution in [2.75, 3.05) is 24.6 Å². The van der Waals surface area contributed by atoms with Gasteiger partial charge in [0.05, 0.1) is 22.9 Å². The topological polar surface area (TPSA) is 46.6 Å². The Kier molecular flexibility index (Phi) is 8.37. The lowest BCUT2D eigenvalue weighted by Crippen LogP contribution is -2.33. The van der Waals surface area contributed by atoms with Crippen molar-refractivity contribution < 1.29 is 27.5 Å². The number of nitrogens with zero attached hydrogens (tertiary/aromatic N) is 1. The zero-order valence-electron chi connectivity index (χ0n) is 16.7. The lowest BCUT2D eigenvalue weighted by molar-refractivity contribution is -0.144. The van der Waals surface area contributed by atoms with Gasteiger partial charge in [-0.05, 0) is 63.5 Å². The standard InChI is InChI=1S/C21H27ClF3NO3/c1-3-26(12-15-7-5-14(6-8-15)9-19(28)29-4-2)20-16(13-27)10-17(11-18(20)22)21(23,24)25/h10-11,13-15H,3-9,12H2,1-2H3. The molecule has 1 fully saturated rings. The van der Waals surface area contributed by atoms with Crippen molar-refractivity contribution in [3.8, 4) is 0 Å². The Labute approximate surface area is 174 Å². The van der Waals surface area contributed by atoms with Crippen molar-refractivity contribution in [2.45, 2.75) is 52.1 Å². The smallest absolute Gasteiger partial charge is 0.416 e. The van der Waals surface area contributed by atoms with Crippen LogP contribution in [0.25, 0.3) is 0 Å². The Morgan fingerprint density at radius 1 is 1.21 bits per heavy atom. The number of alkyl halides is 3. The quantitative estimate of drug-likeness (QED) is 0.386.